The largest absolute Gasteiger partial charge is 0.462 e. The van der Waals surface area contributed by atoms with Crippen LogP contribution in [0.25, 0.3) is 0 Å². The number of nitrogens with one attached hydrogen (secondary N) is 1. The van der Waals surface area contributed by atoms with Crippen LogP contribution in [0.5, 0.6) is 0 Å². The van der Waals surface area contributed by atoms with Crippen molar-refractivity contribution in [2.45, 2.75) is 64.8 Å². The van der Waals surface area contributed by atoms with Crippen molar-refractivity contribution in [1.82, 2.24) is 5.32 Å². The molecule has 0 unspecified atom stereocenters. The van der Waals surface area contributed by atoms with Crippen molar-refractivity contribution in [2.75, 3.05) is 0 Å². The van der Waals surface area contributed by atoms with Gasteiger partial charge in [-0.1, -0.05) is 0 Å². The lowest BCUT2D eigenvalue weighted by atomic mass is 9.96. The predicted octanol–water partition coefficient (Wildman–Crippen LogP) is 3.24. The SMILES string of the molecule is CC(C)(C)NCc1ccc(COC2CCC2)o1. The van der Waals surface area contributed by atoms with Gasteiger partial charge in [-0.3, -0.25) is 0 Å². The average Bonchev–Trinajstić information content (AvgIpc) is 2.59. The normalized spacial score (nSPS) is 17.1. The van der Waals surface area contributed by atoms with Crippen LogP contribution in [0.4, 0.5) is 0 Å². The topological polar surface area (TPSA) is 34.4 Å². The Morgan fingerprint density at radius 2 is 2.00 bits per heavy atom. The molecule has 1 N–H and O–H groups in total. The van der Waals surface area contributed by atoms with Crippen molar-refractivity contribution in [3.05, 3.63) is 23.7 Å². The first-order valence-corrected chi connectivity index (χ1v) is 6.47. The van der Waals surface area contributed by atoms with Crippen molar-refractivity contribution in [1.29, 1.82) is 0 Å². The van der Waals surface area contributed by atoms with Crippen LogP contribution in [-0.2, 0) is 17.9 Å². The summed E-state index contributed by atoms with van der Waals surface area (Å²) >= 11 is 0. The minimum absolute atomic E-state index is 0.120. The Bertz CT molecular complexity index is 347. The van der Waals surface area contributed by atoms with E-state index in [2.05, 4.69) is 26.1 Å². The molecule has 0 atom stereocenters. The summed E-state index contributed by atoms with van der Waals surface area (Å²) in [5.74, 6) is 1.91. The van der Waals surface area contributed by atoms with E-state index in [1.807, 2.05) is 12.1 Å². The highest BCUT2D eigenvalue weighted by molar-refractivity contribution is 5.06. The lowest BCUT2D eigenvalue weighted by molar-refractivity contribution is -0.0160. The first-order chi connectivity index (χ1) is 8.03. The molecule has 0 spiro atoms. The molecule has 96 valence electrons. The maximum absolute atomic E-state index is 5.71. The molecule has 3 nitrogen and oxygen atoms in total. The van der Waals surface area contributed by atoms with E-state index in [0.717, 1.165) is 18.1 Å². The molecule has 3 heteroatoms. The number of hydrogen-bond donors (Lipinski definition) is 1. The second-order valence-corrected chi connectivity index (χ2v) is 5.84. The number of ether oxygens (including phenoxy) is 1. The van der Waals surface area contributed by atoms with E-state index in [4.69, 9.17) is 9.15 Å². The molecule has 1 heterocycles. The molecular weight excluding hydrogens is 214 g/mol. The summed E-state index contributed by atoms with van der Waals surface area (Å²) < 4.78 is 11.4. The number of furan rings is 1. The zero-order valence-electron chi connectivity index (χ0n) is 11.1. The lowest BCUT2D eigenvalue weighted by Gasteiger charge is -2.24. The third-order valence-corrected chi connectivity index (χ3v) is 3.02. The van der Waals surface area contributed by atoms with Gasteiger partial charge in [-0.05, 0) is 52.2 Å². The van der Waals surface area contributed by atoms with Gasteiger partial charge >= 0.3 is 0 Å². The van der Waals surface area contributed by atoms with Crippen LogP contribution in [0.2, 0.25) is 0 Å². The van der Waals surface area contributed by atoms with Crippen molar-refractivity contribution in [2.24, 2.45) is 0 Å². The Morgan fingerprint density at radius 3 is 2.59 bits per heavy atom. The van der Waals surface area contributed by atoms with Gasteiger partial charge in [0.25, 0.3) is 0 Å². The summed E-state index contributed by atoms with van der Waals surface area (Å²) in [6, 6.07) is 4.04. The first kappa shape index (κ1) is 12.7. The van der Waals surface area contributed by atoms with E-state index in [1.165, 1.54) is 19.3 Å². The Hall–Kier alpha value is -0.800. The van der Waals surface area contributed by atoms with Crippen LogP contribution in [0.3, 0.4) is 0 Å². The highest BCUT2D eigenvalue weighted by atomic mass is 16.5. The minimum atomic E-state index is 0.120. The van der Waals surface area contributed by atoms with Gasteiger partial charge in [0.1, 0.15) is 18.1 Å². The molecule has 1 aliphatic carbocycles. The molecule has 0 aliphatic heterocycles. The van der Waals surface area contributed by atoms with Gasteiger partial charge in [0, 0.05) is 5.54 Å². The second-order valence-electron chi connectivity index (χ2n) is 5.84. The van der Waals surface area contributed by atoms with Gasteiger partial charge in [-0.25, -0.2) is 0 Å². The lowest BCUT2D eigenvalue weighted by Crippen LogP contribution is -2.34. The van der Waals surface area contributed by atoms with E-state index < -0.39 is 0 Å². The third kappa shape index (κ3) is 4.17. The van der Waals surface area contributed by atoms with Crippen LogP contribution in [0.1, 0.15) is 51.6 Å². The Labute approximate surface area is 104 Å². The molecule has 1 aromatic rings. The highest BCUT2D eigenvalue weighted by Crippen LogP contribution is 2.23. The van der Waals surface area contributed by atoms with Gasteiger partial charge in [0.05, 0.1) is 12.6 Å². The van der Waals surface area contributed by atoms with Crippen molar-refractivity contribution >= 4 is 0 Å². The second kappa shape index (κ2) is 5.23. The van der Waals surface area contributed by atoms with Gasteiger partial charge in [0.2, 0.25) is 0 Å². The summed E-state index contributed by atoms with van der Waals surface area (Å²) in [5, 5.41) is 3.40. The quantitative estimate of drug-likeness (QED) is 0.853. The smallest absolute Gasteiger partial charge is 0.129 e. The maximum Gasteiger partial charge on any atom is 0.129 e. The van der Waals surface area contributed by atoms with Gasteiger partial charge < -0.3 is 14.5 Å². The van der Waals surface area contributed by atoms with E-state index in [9.17, 15) is 0 Å². The number of hydrogen-bond acceptors (Lipinski definition) is 3. The standard InChI is InChI=1S/C14H23NO2/c1-14(2,3)15-9-12-7-8-13(17-12)10-16-11-5-4-6-11/h7-8,11,15H,4-6,9-10H2,1-3H3. The highest BCUT2D eigenvalue weighted by Gasteiger charge is 2.18. The fourth-order valence-corrected chi connectivity index (χ4v) is 1.68. The average molecular weight is 237 g/mol. The van der Waals surface area contributed by atoms with Crippen LogP contribution in [0.15, 0.2) is 16.5 Å². The summed E-state index contributed by atoms with van der Waals surface area (Å²) in [5.41, 5.74) is 0.120. The fourth-order valence-electron chi connectivity index (χ4n) is 1.68. The molecule has 1 aliphatic rings. The Morgan fingerprint density at radius 1 is 1.29 bits per heavy atom. The molecule has 1 saturated carbocycles. The van der Waals surface area contributed by atoms with Crippen LogP contribution < -0.4 is 5.32 Å². The van der Waals surface area contributed by atoms with Gasteiger partial charge in [-0.15, -0.1) is 0 Å². The van der Waals surface area contributed by atoms with Gasteiger partial charge in [0.15, 0.2) is 0 Å². The van der Waals surface area contributed by atoms with E-state index in [-0.39, 0.29) is 5.54 Å². The molecule has 17 heavy (non-hydrogen) atoms. The molecule has 2 rings (SSSR count). The Balaban J connectivity index is 1.74. The van der Waals surface area contributed by atoms with Crippen LogP contribution in [-0.4, -0.2) is 11.6 Å². The van der Waals surface area contributed by atoms with Crippen LogP contribution >= 0.6 is 0 Å². The molecule has 1 fully saturated rings. The summed E-state index contributed by atoms with van der Waals surface area (Å²) in [6.07, 6.45) is 4.19. The van der Waals surface area contributed by atoms with Crippen molar-refractivity contribution < 1.29 is 9.15 Å². The zero-order valence-corrected chi connectivity index (χ0v) is 11.1. The minimum Gasteiger partial charge on any atom is -0.462 e. The Kier molecular flexibility index (Phi) is 3.89. The molecule has 0 aromatic carbocycles. The number of rotatable bonds is 5. The molecule has 0 saturated heterocycles. The van der Waals surface area contributed by atoms with Crippen LogP contribution in [0, 0.1) is 0 Å². The molecular formula is C14H23NO2. The molecule has 1 aromatic heterocycles. The molecule has 0 radical (unpaired) electrons. The summed E-state index contributed by atoms with van der Waals surface area (Å²) in [4.78, 5) is 0. The summed E-state index contributed by atoms with van der Waals surface area (Å²) in [7, 11) is 0. The van der Waals surface area contributed by atoms with E-state index in [0.29, 0.717) is 12.7 Å². The third-order valence-electron chi connectivity index (χ3n) is 3.02. The van der Waals surface area contributed by atoms with E-state index >= 15 is 0 Å². The summed E-state index contributed by atoms with van der Waals surface area (Å²) in [6.45, 7) is 7.83. The van der Waals surface area contributed by atoms with Crippen molar-refractivity contribution in [3.63, 3.8) is 0 Å². The first-order valence-electron chi connectivity index (χ1n) is 6.47. The molecule has 0 bridgehead atoms. The van der Waals surface area contributed by atoms with Gasteiger partial charge in [-0.2, -0.15) is 0 Å². The van der Waals surface area contributed by atoms with E-state index in [1.54, 1.807) is 0 Å². The fraction of sp³-hybridized carbons (Fsp3) is 0.714. The predicted molar refractivity (Wildman–Crippen MR) is 67.7 cm³/mol. The molecule has 0 amide bonds. The van der Waals surface area contributed by atoms with Crippen molar-refractivity contribution in [3.8, 4) is 0 Å². The monoisotopic (exact) mass is 237 g/mol. The maximum atomic E-state index is 5.71. The zero-order chi connectivity index (χ0) is 12.3.